The van der Waals surface area contributed by atoms with Gasteiger partial charge in [0.2, 0.25) is 6.79 Å². The third kappa shape index (κ3) is 4.93. The van der Waals surface area contributed by atoms with Crippen LogP contribution in [0.2, 0.25) is 5.02 Å². The number of nitrogens with zero attached hydrogens (tertiary/aromatic N) is 2. The van der Waals surface area contributed by atoms with Crippen molar-refractivity contribution in [2.24, 2.45) is 0 Å². The monoisotopic (exact) mass is 416 g/mol. The molecule has 1 amide bonds. The summed E-state index contributed by atoms with van der Waals surface area (Å²) in [5.74, 6) is 1.48. The molecule has 2 heterocycles. The molecule has 1 saturated heterocycles. The highest BCUT2D eigenvalue weighted by molar-refractivity contribution is 6.34. The van der Waals surface area contributed by atoms with Crippen molar-refractivity contribution >= 4 is 23.2 Å². The largest absolute Gasteiger partial charge is 0.454 e. The number of amides is 1. The standard InChI is InChI=1S/C21H25ClN4O3/c22-18-12-16(23)2-3-17(18)21(27)24-5-6-25-7-9-26(10-8-25)13-15-1-4-19-20(11-15)29-14-28-19/h1-4,11-12H,5-10,13-14,23H2,(H,24,27). The number of nitrogens with two attached hydrogens (primary N) is 1. The summed E-state index contributed by atoms with van der Waals surface area (Å²) >= 11 is 6.09. The molecule has 0 saturated carbocycles. The van der Waals surface area contributed by atoms with Gasteiger partial charge in [0.25, 0.3) is 5.91 Å². The Balaban J connectivity index is 1.19. The molecule has 4 rings (SSSR count). The van der Waals surface area contributed by atoms with Crippen molar-refractivity contribution in [3.63, 3.8) is 0 Å². The van der Waals surface area contributed by atoms with E-state index in [2.05, 4.69) is 27.2 Å². The smallest absolute Gasteiger partial charge is 0.252 e. The van der Waals surface area contributed by atoms with Gasteiger partial charge in [0.15, 0.2) is 11.5 Å². The second-order valence-electron chi connectivity index (χ2n) is 7.30. The van der Waals surface area contributed by atoms with Gasteiger partial charge in [-0.05, 0) is 35.9 Å². The molecule has 29 heavy (non-hydrogen) atoms. The Morgan fingerprint density at radius 2 is 1.79 bits per heavy atom. The zero-order valence-electron chi connectivity index (χ0n) is 16.2. The lowest BCUT2D eigenvalue weighted by Crippen LogP contribution is -2.48. The number of hydrogen-bond donors (Lipinski definition) is 2. The summed E-state index contributed by atoms with van der Waals surface area (Å²) < 4.78 is 10.8. The van der Waals surface area contributed by atoms with Crippen LogP contribution in [-0.4, -0.2) is 61.8 Å². The van der Waals surface area contributed by atoms with Crippen LogP contribution in [0.3, 0.4) is 0 Å². The van der Waals surface area contributed by atoms with E-state index in [1.54, 1.807) is 18.2 Å². The maximum atomic E-state index is 12.3. The number of fused-ring (bicyclic) bond motifs is 1. The van der Waals surface area contributed by atoms with Gasteiger partial charge in [-0.15, -0.1) is 0 Å². The average Bonchev–Trinajstić information content (AvgIpc) is 3.17. The maximum absolute atomic E-state index is 12.3. The number of rotatable bonds is 6. The van der Waals surface area contributed by atoms with Crippen LogP contribution in [0, 0.1) is 0 Å². The number of carbonyl (C=O) groups is 1. The molecule has 0 aromatic heterocycles. The van der Waals surface area contributed by atoms with Gasteiger partial charge in [-0.25, -0.2) is 0 Å². The van der Waals surface area contributed by atoms with E-state index in [0.717, 1.165) is 50.8 Å². The first kappa shape index (κ1) is 19.8. The van der Waals surface area contributed by atoms with E-state index in [4.69, 9.17) is 26.8 Å². The molecule has 0 spiro atoms. The van der Waals surface area contributed by atoms with Crippen LogP contribution in [0.1, 0.15) is 15.9 Å². The van der Waals surface area contributed by atoms with Gasteiger partial charge >= 0.3 is 0 Å². The minimum atomic E-state index is -0.170. The molecule has 0 aliphatic carbocycles. The number of nitrogen functional groups attached to an aromatic ring is 1. The van der Waals surface area contributed by atoms with Crippen molar-refractivity contribution in [1.29, 1.82) is 0 Å². The molecule has 8 heteroatoms. The van der Waals surface area contributed by atoms with Crippen LogP contribution < -0.4 is 20.5 Å². The summed E-state index contributed by atoms with van der Waals surface area (Å²) in [4.78, 5) is 17.1. The number of nitrogens with one attached hydrogen (secondary N) is 1. The number of benzene rings is 2. The Hall–Kier alpha value is -2.48. The van der Waals surface area contributed by atoms with Crippen molar-refractivity contribution in [2.75, 3.05) is 51.8 Å². The summed E-state index contributed by atoms with van der Waals surface area (Å²) in [6.07, 6.45) is 0. The minimum Gasteiger partial charge on any atom is -0.454 e. The first-order chi connectivity index (χ1) is 14.1. The normalized spacial score (nSPS) is 16.7. The molecule has 3 N–H and O–H groups in total. The molecular formula is C21H25ClN4O3. The quantitative estimate of drug-likeness (QED) is 0.703. The number of piperazine rings is 1. The van der Waals surface area contributed by atoms with Crippen molar-refractivity contribution in [2.45, 2.75) is 6.54 Å². The van der Waals surface area contributed by atoms with E-state index >= 15 is 0 Å². The predicted octanol–water partition coefficient (Wildman–Crippen LogP) is 2.20. The summed E-state index contributed by atoms with van der Waals surface area (Å²) in [6.45, 7) is 6.54. The van der Waals surface area contributed by atoms with Gasteiger partial charge in [-0.3, -0.25) is 14.6 Å². The van der Waals surface area contributed by atoms with Gasteiger partial charge in [0.05, 0.1) is 10.6 Å². The van der Waals surface area contributed by atoms with Crippen molar-refractivity contribution in [1.82, 2.24) is 15.1 Å². The molecule has 1 fully saturated rings. The molecule has 0 unspecified atom stereocenters. The Kier molecular flexibility index (Phi) is 6.08. The molecule has 2 aromatic rings. The molecular weight excluding hydrogens is 392 g/mol. The average molecular weight is 417 g/mol. The van der Waals surface area contributed by atoms with E-state index < -0.39 is 0 Å². The topological polar surface area (TPSA) is 80.1 Å². The summed E-state index contributed by atoms with van der Waals surface area (Å²) in [5, 5.41) is 3.31. The Labute approximate surface area is 175 Å². The highest BCUT2D eigenvalue weighted by Gasteiger charge is 2.19. The lowest BCUT2D eigenvalue weighted by Gasteiger charge is -2.34. The minimum absolute atomic E-state index is 0.170. The maximum Gasteiger partial charge on any atom is 0.252 e. The fraction of sp³-hybridized carbons (Fsp3) is 0.381. The van der Waals surface area contributed by atoms with E-state index in [0.29, 0.717) is 29.6 Å². The molecule has 2 aliphatic heterocycles. The summed E-state index contributed by atoms with van der Waals surface area (Å²) in [5.41, 5.74) is 7.90. The lowest BCUT2D eigenvalue weighted by atomic mass is 10.1. The molecule has 2 aliphatic rings. The number of ether oxygens (including phenoxy) is 2. The Morgan fingerprint density at radius 1 is 1.03 bits per heavy atom. The van der Waals surface area contributed by atoms with Crippen LogP contribution >= 0.6 is 11.6 Å². The van der Waals surface area contributed by atoms with E-state index in [-0.39, 0.29) is 5.91 Å². The first-order valence-corrected chi connectivity index (χ1v) is 10.1. The van der Waals surface area contributed by atoms with Crippen LogP contribution in [0.4, 0.5) is 5.69 Å². The van der Waals surface area contributed by atoms with Crippen LogP contribution in [-0.2, 0) is 6.54 Å². The third-order valence-corrected chi connectivity index (χ3v) is 5.57. The number of halogens is 1. The SMILES string of the molecule is Nc1ccc(C(=O)NCCN2CCN(Cc3ccc4c(c3)OCO4)CC2)c(Cl)c1. The van der Waals surface area contributed by atoms with Crippen LogP contribution in [0.5, 0.6) is 11.5 Å². The number of anilines is 1. The van der Waals surface area contributed by atoms with Crippen molar-refractivity contribution in [3.05, 3.63) is 52.5 Å². The Morgan fingerprint density at radius 3 is 2.59 bits per heavy atom. The lowest BCUT2D eigenvalue weighted by molar-refractivity contribution is 0.0934. The second kappa shape index (κ2) is 8.90. The summed E-state index contributed by atoms with van der Waals surface area (Å²) in [6, 6.07) is 11.1. The zero-order chi connectivity index (χ0) is 20.2. The highest BCUT2D eigenvalue weighted by Crippen LogP contribution is 2.32. The second-order valence-corrected chi connectivity index (χ2v) is 7.71. The predicted molar refractivity (Wildman–Crippen MR) is 112 cm³/mol. The van der Waals surface area contributed by atoms with E-state index in [1.165, 1.54) is 5.56 Å². The van der Waals surface area contributed by atoms with Gasteiger partial charge < -0.3 is 20.5 Å². The Bertz CT molecular complexity index is 884. The van der Waals surface area contributed by atoms with E-state index in [1.807, 2.05) is 6.07 Å². The molecule has 154 valence electrons. The molecule has 2 aromatic carbocycles. The fourth-order valence-corrected chi connectivity index (χ4v) is 3.88. The number of carbonyl (C=O) groups excluding carboxylic acids is 1. The van der Waals surface area contributed by atoms with E-state index in [9.17, 15) is 4.79 Å². The third-order valence-electron chi connectivity index (χ3n) is 5.26. The highest BCUT2D eigenvalue weighted by atomic mass is 35.5. The van der Waals surface area contributed by atoms with Crippen molar-refractivity contribution in [3.8, 4) is 11.5 Å². The van der Waals surface area contributed by atoms with Gasteiger partial charge in [-0.2, -0.15) is 0 Å². The van der Waals surface area contributed by atoms with Crippen LogP contribution in [0.25, 0.3) is 0 Å². The van der Waals surface area contributed by atoms with Gasteiger partial charge in [-0.1, -0.05) is 17.7 Å². The van der Waals surface area contributed by atoms with Crippen molar-refractivity contribution < 1.29 is 14.3 Å². The fourth-order valence-electron chi connectivity index (χ4n) is 3.61. The molecule has 0 bridgehead atoms. The molecule has 0 radical (unpaired) electrons. The van der Waals surface area contributed by atoms with Gasteiger partial charge in [0.1, 0.15) is 0 Å². The molecule has 7 nitrogen and oxygen atoms in total. The van der Waals surface area contributed by atoms with Crippen LogP contribution in [0.15, 0.2) is 36.4 Å². The van der Waals surface area contributed by atoms with Gasteiger partial charge in [0, 0.05) is 51.5 Å². The summed E-state index contributed by atoms with van der Waals surface area (Å²) in [7, 11) is 0. The first-order valence-electron chi connectivity index (χ1n) is 9.75. The molecule has 0 atom stereocenters. The number of hydrogen-bond acceptors (Lipinski definition) is 6. The zero-order valence-corrected chi connectivity index (χ0v) is 17.0.